The van der Waals surface area contributed by atoms with Crippen molar-refractivity contribution in [1.29, 1.82) is 0 Å². The van der Waals surface area contributed by atoms with Crippen molar-refractivity contribution in [2.24, 2.45) is 5.92 Å². The number of nitrogens with zero attached hydrogens (tertiary/aromatic N) is 1. The number of benzene rings is 2. The highest BCUT2D eigenvalue weighted by Crippen LogP contribution is 2.40. The number of nitro benzene ring substituents is 1. The normalized spacial score (nSPS) is 15.2. The van der Waals surface area contributed by atoms with Crippen LogP contribution in [0.2, 0.25) is 5.02 Å². The van der Waals surface area contributed by atoms with Crippen LogP contribution in [0.4, 0.5) is 10.7 Å². The van der Waals surface area contributed by atoms with E-state index in [2.05, 4.69) is 12.2 Å². The van der Waals surface area contributed by atoms with Crippen LogP contribution < -0.4 is 5.32 Å². The second-order valence-electron chi connectivity index (χ2n) is 8.88. The monoisotopic (exact) mass is 556 g/mol. The molecular weight excluding hydrogens is 532 g/mol. The third kappa shape index (κ3) is 5.87. The second kappa shape index (κ2) is 11.7. The maximum Gasteiger partial charge on any atom is 0.346 e. The number of nitrogens with one attached hydrogen (secondary N) is 1. The van der Waals surface area contributed by atoms with E-state index in [1.807, 2.05) is 0 Å². The summed E-state index contributed by atoms with van der Waals surface area (Å²) in [6.45, 7) is 4.01. The standard InChI is InChI=1S/C27H25ClN2O7S/c1-3-36-27(33)22-18-11-9-15(2)13-21(18)38-25(22)29-24(31)23(16-7-5-4-6-8-16)37-26(32)19-14-17(28)10-12-20(19)30(34)35/h4-8,10,12,14-15,23H,3,9,11,13H2,1-2H3,(H,29,31). The molecule has 0 bridgehead atoms. The summed E-state index contributed by atoms with van der Waals surface area (Å²) in [4.78, 5) is 51.3. The van der Waals surface area contributed by atoms with Crippen LogP contribution in [0.1, 0.15) is 63.1 Å². The van der Waals surface area contributed by atoms with Gasteiger partial charge in [0.1, 0.15) is 10.6 Å². The van der Waals surface area contributed by atoms with Crippen molar-refractivity contribution >= 4 is 51.5 Å². The molecule has 0 spiro atoms. The van der Waals surface area contributed by atoms with Gasteiger partial charge in [0, 0.05) is 21.5 Å². The topological polar surface area (TPSA) is 125 Å². The summed E-state index contributed by atoms with van der Waals surface area (Å²) in [5.41, 5.74) is 0.635. The minimum absolute atomic E-state index is 0.0979. The average Bonchev–Trinajstić information content (AvgIpc) is 3.24. The number of rotatable bonds is 8. The van der Waals surface area contributed by atoms with Crippen molar-refractivity contribution in [2.75, 3.05) is 11.9 Å². The molecule has 38 heavy (non-hydrogen) atoms. The molecule has 1 amide bonds. The van der Waals surface area contributed by atoms with Crippen LogP contribution in [-0.4, -0.2) is 29.4 Å². The Balaban J connectivity index is 1.69. The molecule has 9 nitrogen and oxygen atoms in total. The lowest BCUT2D eigenvalue weighted by molar-refractivity contribution is -0.385. The van der Waals surface area contributed by atoms with Gasteiger partial charge in [-0.15, -0.1) is 11.3 Å². The molecule has 1 aliphatic carbocycles. The number of ether oxygens (including phenoxy) is 2. The minimum Gasteiger partial charge on any atom is -0.462 e. The summed E-state index contributed by atoms with van der Waals surface area (Å²) in [7, 11) is 0. The molecule has 11 heteroatoms. The van der Waals surface area contributed by atoms with Gasteiger partial charge in [0.05, 0.1) is 17.1 Å². The van der Waals surface area contributed by atoms with E-state index < -0.39 is 34.6 Å². The Hall–Kier alpha value is -3.76. The van der Waals surface area contributed by atoms with Gasteiger partial charge in [0.15, 0.2) is 0 Å². The Bertz CT molecular complexity index is 1390. The average molecular weight is 557 g/mol. The molecule has 0 saturated carbocycles. The fraction of sp³-hybridized carbons (Fsp3) is 0.296. The zero-order chi connectivity index (χ0) is 27.4. The highest BCUT2D eigenvalue weighted by molar-refractivity contribution is 7.17. The molecule has 198 valence electrons. The number of amides is 1. The molecule has 2 unspecified atom stereocenters. The summed E-state index contributed by atoms with van der Waals surface area (Å²) in [5, 5.41) is 14.7. The number of hydrogen-bond donors (Lipinski definition) is 1. The quantitative estimate of drug-likeness (QED) is 0.200. The zero-order valence-corrected chi connectivity index (χ0v) is 22.3. The molecular formula is C27H25ClN2O7S. The van der Waals surface area contributed by atoms with Gasteiger partial charge in [-0.1, -0.05) is 48.9 Å². The summed E-state index contributed by atoms with van der Waals surface area (Å²) in [6, 6.07) is 11.8. The Morgan fingerprint density at radius 2 is 1.92 bits per heavy atom. The van der Waals surface area contributed by atoms with Crippen molar-refractivity contribution < 1.29 is 28.8 Å². The van der Waals surface area contributed by atoms with Crippen LogP contribution in [0.3, 0.4) is 0 Å². The number of fused-ring (bicyclic) bond motifs is 1. The minimum atomic E-state index is -1.46. The SMILES string of the molecule is CCOC(=O)c1c(NC(=O)C(OC(=O)c2cc(Cl)ccc2[N+](=O)[O-])c2ccccc2)sc2c1CCC(C)C2. The number of carbonyl (C=O) groups excluding carboxylic acids is 3. The van der Waals surface area contributed by atoms with Gasteiger partial charge in [-0.2, -0.15) is 0 Å². The first-order valence-electron chi connectivity index (χ1n) is 12.0. The van der Waals surface area contributed by atoms with Crippen molar-refractivity contribution in [3.63, 3.8) is 0 Å². The lowest BCUT2D eigenvalue weighted by atomic mass is 9.88. The molecule has 2 atom stereocenters. The van der Waals surface area contributed by atoms with E-state index in [-0.39, 0.29) is 17.2 Å². The van der Waals surface area contributed by atoms with E-state index in [9.17, 15) is 24.5 Å². The van der Waals surface area contributed by atoms with Crippen LogP contribution in [0.25, 0.3) is 0 Å². The third-order valence-electron chi connectivity index (χ3n) is 6.17. The van der Waals surface area contributed by atoms with Crippen LogP contribution >= 0.6 is 22.9 Å². The number of nitro groups is 1. The number of halogens is 1. The molecule has 4 rings (SSSR count). The Labute approximate surface area is 227 Å². The van der Waals surface area contributed by atoms with Gasteiger partial charge in [0.25, 0.3) is 11.6 Å². The number of hydrogen-bond acceptors (Lipinski definition) is 8. The van der Waals surface area contributed by atoms with Crippen LogP contribution in [0.15, 0.2) is 48.5 Å². The van der Waals surface area contributed by atoms with Crippen molar-refractivity contribution in [2.45, 2.75) is 39.2 Å². The summed E-state index contributed by atoms with van der Waals surface area (Å²) in [5.74, 6) is -1.90. The first kappa shape index (κ1) is 27.3. The van der Waals surface area contributed by atoms with Gasteiger partial charge >= 0.3 is 11.9 Å². The van der Waals surface area contributed by atoms with Crippen LogP contribution in [0, 0.1) is 16.0 Å². The molecule has 2 aromatic carbocycles. The van der Waals surface area contributed by atoms with E-state index in [0.717, 1.165) is 35.4 Å². The number of anilines is 1. The molecule has 0 aliphatic heterocycles. The van der Waals surface area contributed by atoms with Gasteiger partial charge in [-0.05, 0) is 49.8 Å². The van der Waals surface area contributed by atoms with Gasteiger partial charge in [-0.3, -0.25) is 14.9 Å². The van der Waals surface area contributed by atoms with Gasteiger partial charge in [-0.25, -0.2) is 9.59 Å². The highest BCUT2D eigenvalue weighted by atomic mass is 35.5. The Kier molecular flexibility index (Phi) is 8.43. The maximum atomic E-state index is 13.6. The molecule has 1 N–H and O–H groups in total. The number of carbonyl (C=O) groups is 3. The number of thiophene rings is 1. The van der Waals surface area contributed by atoms with Crippen molar-refractivity contribution in [3.05, 3.63) is 90.8 Å². The van der Waals surface area contributed by atoms with Crippen LogP contribution in [-0.2, 0) is 27.1 Å². The smallest absolute Gasteiger partial charge is 0.346 e. The van der Waals surface area contributed by atoms with Gasteiger partial charge < -0.3 is 14.8 Å². The predicted molar refractivity (Wildman–Crippen MR) is 143 cm³/mol. The molecule has 1 heterocycles. The highest BCUT2D eigenvalue weighted by Gasteiger charge is 2.33. The van der Waals surface area contributed by atoms with Gasteiger partial charge in [0.2, 0.25) is 6.10 Å². The third-order valence-corrected chi connectivity index (χ3v) is 7.57. The van der Waals surface area contributed by atoms with E-state index >= 15 is 0 Å². The van der Waals surface area contributed by atoms with Crippen molar-refractivity contribution in [1.82, 2.24) is 0 Å². The lowest BCUT2D eigenvalue weighted by Gasteiger charge is -2.19. The van der Waals surface area contributed by atoms with Crippen molar-refractivity contribution in [3.8, 4) is 0 Å². The fourth-order valence-electron chi connectivity index (χ4n) is 4.34. The Morgan fingerprint density at radius 1 is 1.18 bits per heavy atom. The lowest BCUT2D eigenvalue weighted by Crippen LogP contribution is -2.26. The summed E-state index contributed by atoms with van der Waals surface area (Å²) >= 11 is 7.27. The molecule has 0 fully saturated rings. The largest absolute Gasteiger partial charge is 0.462 e. The predicted octanol–water partition coefficient (Wildman–Crippen LogP) is 6.15. The summed E-state index contributed by atoms with van der Waals surface area (Å²) in [6.07, 6.45) is 0.909. The summed E-state index contributed by atoms with van der Waals surface area (Å²) < 4.78 is 10.8. The maximum absolute atomic E-state index is 13.6. The first-order chi connectivity index (χ1) is 18.2. The fourth-order valence-corrected chi connectivity index (χ4v) is 5.91. The molecule has 0 saturated heterocycles. The van der Waals surface area contributed by atoms with Crippen LogP contribution in [0.5, 0.6) is 0 Å². The zero-order valence-electron chi connectivity index (χ0n) is 20.7. The number of esters is 2. The molecule has 1 aromatic heterocycles. The van der Waals surface area contributed by atoms with E-state index in [1.165, 1.54) is 17.4 Å². The van der Waals surface area contributed by atoms with E-state index in [1.54, 1.807) is 37.3 Å². The Morgan fingerprint density at radius 3 is 2.61 bits per heavy atom. The molecule has 3 aromatic rings. The first-order valence-corrected chi connectivity index (χ1v) is 13.2. The van der Waals surface area contributed by atoms with E-state index in [4.69, 9.17) is 21.1 Å². The molecule has 0 radical (unpaired) electrons. The second-order valence-corrected chi connectivity index (χ2v) is 10.4. The molecule has 1 aliphatic rings. The van der Waals surface area contributed by atoms with E-state index in [0.29, 0.717) is 28.5 Å².